The van der Waals surface area contributed by atoms with Crippen LogP contribution in [-0.2, 0) is 16.6 Å². The van der Waals surface area contributed by atoms with Crippen LogP contribution >= 0.6 is 0 Å². The van der Waals surface area contributed by atoms with Crippen molar-refractivity contribution >= 4 is 10.0 Å². The number of hydrogen-bond acceptors (Lipinski definition) is 3. The summed E-state index contributed by atoms with van der Waals surface area (Å²) in [7, 11) is -3.82. The third-order valence-electron chi connectivity index (χ3n) is 3.32. The largest absolute Gasteiger partial charge is 0.313 e. The van der Waals surface area contributed by atoms with E-state index in [1.54, 1.807) is 6.07 Å². The molecule has 1 aromatic carbocycles. The van der Waals surface area contributed by atoms with Gasteiger partial charge in [0.2, 0.25) is 10.0 Å². The van der Waals surface area contributed by atoms with Gasteiger partial charge in [0, 0.05) is 12.6 Å². The van der Waals surface area contributed by atoms with Crippen LogP contribution in [0.4, 0.5) is 4.39 Å². The zero-order valence-electron chi connectivity index (χ0n) is 12.9. The van der Waals surface area contributed by atoms with Gasteiger partial charge in [-0.2, -0.15) is 0 Å². The molecule has 1 atom stereocenters. The third-order valence-corrected chi connectivity index (χ3v) is 4.85. The van der Waals surface area contributed by atoms with E-state index in [2.05, 4.69) is 10.0 Å². The normalized spacial score (nSPS) is 13.3. The maximum Gasteiger partial charge on any atom is 0.243 e. The molecule has 0 amide bonds. The lowest BCUT2D eigenvalue weighted by molar-refractivity contribution is 0.505. The summed E-state index contributed by atoms with van der Waals surface area (Å²) in [6.45, 7) is 7.16. The van der Waals surface area contributed by atoms with E-state index in [9.17, 15) is 12.8 Å². The van der Waals surface area contributed by atoms with Crippen LogP contribution in [0.15, 0.2) is 23.1 Å². The monoisotopic (exact) mass is 316 g/mol. The van der Waals surface area contributed by atoms with E-state index in [4.69, 9.17) is 0 Å². The van der Waals surface area contributed by atoms with Crippen molar-refractivity contribution in [2.45, 2.75) is 57.5 Å². The summed E-state index contributed by atoms with van der Waals surface area (Å²) in [6, 6.07) is 4.05. The first kappa shape index (κ1) is 18.1. The van der Waals surface area contributed by atoms with Crippen LogP contribution in [0.2, 0.25) is 0 Å². The number of halogens is 1. The highest BCUT2D eigenvalue weighted by atomic mass is 32.2. The Balaban J connectivity index is 3.00. The highest BCUT2D eigenvalue weighted by molar-refractivity contribution is 7.89. The van der Waals surface area contributed by atoms with E-state index in [0.717, 1.165) is 24.9 Å². The summed E-state index contributed by atoms with van der Waals surface area (Å²) in [6.07, 6.45) is 2.31. The average molecular weight is 316 g/mol. The molecule has 0 aliphatic heterocycles. The van der Waals surface area contributed by atoms with E-state index in [1.165, 1.54) is 12.1 Å². The smallest absolute Gasteiger partial charge is 0.243 e. The van der Waals surface area contributed by atoms with E-state index in [1.807, 2.05) is 20.8 Å². The van der Waals surface area contributed by atoms with Crippen LogP contribution in [0, 0.1) is 5.82 Å². The summed E-state index contributed by atoms with van der Waals surface area (Å²) in [5.74, 6) is -0.714. The molecule has 21 heavy (non-hydrogen) atoms. The molecule has 6 heteroatoms. The van der Waals surface area contributed by atoms with Crippen LogP contribution in [0.1, 0.15) is 45.6 Å². The molecule has 1 rings (SSSR count). The van der Waals surface area contributed by atoms with Crippen molar-refractivity contribution in [2.24, 2.45) is 0 Å². The molecule has 0 heterocycles. The van der Waals surface area contributed by atoms with E-state index < -0.39 is 15.8 Å². The lowest BCUT2D eigenvalue weighted by atomic mass is 10.1. The maximum absolute atomic E-state index is 13.9. The second-order valence-electron chi connectivity index (χ2n) is 5.06. The molecule has 120 valence electrons. The molecule has 0 bridgehead atoms. The molecule has 0 aliphatic carbocycles. The van der Waals surface area contributed by atoms with Crippen molar-refractivity contribution in [1.29, 1.82) is 0 Å². The Morgan fingerprint density at radius 3 is 2.52 bits per heavy atom. The minimum absolute atomic E-state index is 0.156. The van der Waals surface area contributed by atoms with Gasteiger partial charge in [0.1, 0.15) is 10.7 Å². The summed E-state index contributed by atoms with van der Waals surface area (Å²) in [5.41, 5.74) is 0.752. The first-order chi connectivity index (χ1) is 9.94. The SMILES string of the molecule is CCCC(CC)NS(=O)(=O)c1cc(CNCC)ccc1F. The fraction of sp³-hybridized carbons (Fsp3) is 0.600. The highest BCUT2D eigenvalue weighted by Gasteiger charge is 2.22. The van der Waals surface area contributed by atoms with Gasteiger partial charge in [-0.1, -0.05) is 33.3 Å². The zero-order chi connectivity index (χ0) is 15.9. The van der Waals surface area contributed by atoms with Gasteiger partial charge in [-0.3, -0.25) is 0 Å². The van der Waals surface area contributed by atoms with Crippen LogP contribution in [0.5, 0.6) is 0 Å². The molecule has 0 saturated heterocycles. The Morgan fingerprint density at radius 1 is 1.24 bits per heavy atom. The molecule has 4 nitrogen and oxygen atoms in total. The van der Waals surface area contributed by atoms with Gasteiger partial charge in [0.15, 0.2) is 0 Å². The van der Waals surface area contributed by atoms with Crippen LogP contribution < -0.4 is 10.0 Å². The van der Waals surface area contributed by atoms with Crippen LogP contribution in [0.25, 0.3) is 0 Å². The molecule has 2 N–H and O–H groups in total. The van der Waals surface area contributed by atoms with Crippen molar-refractivity contribution < 1.29 is 12.8 Å². The number of hydrogen-bond donors (Lipinski definition) is 2. The summed E-state index contributed by atoms with van der Waals surface area (Å²) < 4.78 is 41.2. The van der Waals surface area contributed by atoms with Gasteiger partial charge in [-0.15, -0.1) is 0 Å². The Morgan fingerprint density at radius 2 is 1.95 bits per heavy atom. The molecule has 0 aliphatic rings. The predicted octanol–water partition coefficient (Wildman–Crippen LogP) is 2.79. The van der Waals surface area contributed by atoms with Crippen molar-refractivity contribution in [3.05, 3.63) is 29.6 Å². The van der Waals surface area contributed by atoms with E-state index in [0.29, 0.717) is 13.0 Å². The molecule has 0 spiro atoms. The number of benzene rings is 1. The summed E-state index contributed by atoms with van der Waals surface area (Å²) in [5, 5.41) is 3.10. The summed E-state index contributed by atoms with van der Waals surface area (Å²) in [4.78, 5) is -0.271. The molecular weight excluding hydrogens is 291 g/mol. The van der Waals surface area contributed by atoms with Gasteiger partial charge in [-0.05, 0) is 37.1 Å². The van der Waals surface area contributed by atoms with Crippen molar-refractivity contribution in [2.75, 3.05) is 6.54 Å². The van der Waals surface area contributed by atoms with Gasteiger partial charge in [-0.25, -0.2) is 17.5 Å². The molecular formula is C15H25FN2O2S. The number of sulfonamides is 1. The minimum Gasteiger partial charge on any atom is -0.313 e. The van der Waals surface area contributed by atoms with Crippen LogP contribution in [-0.4, -0.2) is 21.0 Å². The Hall–Kier alpha value is -0.980. The Labute approximate surface area is 127 Å². The molecule has 0 saturated carbocycles. The lowest BCUT2D eigenvalue weighted by Crippen LogP contribution is -2.34. The molecule has 0 radical (unpaired) electrons. The maximum atomic E-state index is 13.9. The molecule has 0 fully saturated rings. The molecule has 1 aromatic rings. The minimum atomic E-state index is -3.82. The summed E-state index contributed by atoms with van der Waals surface area (Å²) >= 11 is 0. The van der Waals surface area contributed by atoms with Gasteiger partial charge in [0.05, 0.1) is 0 Å². The van der Waals surface area contributed by atoms with Gasteiger partial charge < -0.3 is 5.32 Å². The van der Waals surface area contributed by atoms with Crippen LogP contribution in [0.3, 0.4) is 0 Å². The average Bonchev–Trinajstić information content (AvgIpc) is 2.45. The predicted molar refractivity (Wildman–Crippen MR) is 83.1 cm³/mol. The van der Waals surface area contributed by atoms with Crippen molar-refractivity contribution in [1.82, 2.24) is 10.0 Å². The van der Waals surface area contributed by atoms with Gasteiger partial charge >= 0.3 is 0 Å². The second kappa shape index (κ2) is 8.46. The molecule has 0 aromatic heterocycles. The van der Waals surface area contributed by atoms with Gasteiger partial charge in [0.25, 0.3) is 0 Å². The lowest BCUT2D eigenvalue weighted by Gasteiger charge is -2.17. The Kier molecular flexibility index (Phi) is 7.28. The fourth-order valence-electron chi connectivity index (χ4n) is 2.11. The van der Waals surface area contributed by atoms with Crippen molar-refractivity contribution in [3.8, 4) is 0 Å². The van der Waals surface area contributed by atoms with E-state index in [-0.39, 0.29) is 10.9 Å². The third kappa shape index (κ3) is 5.37. The number of nitrogens with one attached hydrogen (secondary N) is 2. The topological polar surface area (TPSA) is 58.2 Å². The standard InChI is InChI=1S/C15H25FN2O2S/c1-4-7-13(5-2)18-21(19,20)15-10-12(11-17-6-3)8-9-14(15)16/h8-10,13,17-18H,4-7,11H2,1-3H3. The highest BCUT2D eigenvalue weighted by Crippen LogP contribution is 2.18. The molecule has 1 unspecified atom stereocenters. The quantitative estimate of drug-likeness (QED) is 0.736. The Bertz CT molecular complexity index is 547. The first-order valence-electron chi connectivity index (χ1n) is 7.46. The van der Waals surface area contributed by atoms with Crippen molar-refractivity contribution in [3.63, 3.8) is 0 Å². The number of rotatable bonds is 9. The zero-order valence-corrected chi connectivity index (χ0v) is 13.8. The van der Waals surface area contributed by atoms with E-state index >= 15 is 0 Å². The fourth-order valence-corrected chi connectivity index (χ4v) is 3.59. The first-order valence-corrected chi connectivity index (χ1v) is 8.94. The second-order valence-corrected chi connectivity index (χ2v) is 6.74.